The summed E-state index contributed by atoms with van der Waals surface area (Å²) in [6.45, 7) is 8.50. The van der Waals surface area contributed by atoms with Crippen LogP contribution in [0, 0.1) is 10.8 Å². The lowest BCUT2D eigenvalue weighted by Crippen LogP contribution is -2.21. The normalized spacial score (nSPS) is 12.2. The molecule has 0 bridgehead atoms. The van der Waals surface area contributed by atoms with Gasteiger partial charge in [-0.05, 0) is 48.0 Å². The van der Waals surface area contributed by atoms with Crippen LogP contribution >= 0.6 is 23.5 Å². The van der Waals surface area contributed by atoms with Gasteiger partial charge in [0.15, 0.2) is 11.5 Å². The van der Waals surface area contributed by atoms with Gasteiger partial charge >= 0.3 is 0 Å². The summed E-state index contributed by atoms with van der Waals surface area (Å²) in [4.78, 5) is 24.0. The highest BCUT2D eigenvalue weighted by molar-refractivity contribution is 8.02. The highest BCUT2D eigenvalue weighted by Crippen LogP contribution is 2.29. The fourth-order valence-electron chi connectivity index (χ4n) is 3.37. The van der Waals surface area contributed by atoms with Crippen LogP contribution in [0.1, 0.15) is 51.7 Å². The molecule has 0 radical (unpaired) electrons. The van der Waals surface area contributed by atoms with Crippen molar-refractivity contribution in [2.45, 2.75) is 53.4 Å². The first kappa shape index (κ1) is 26.5. The number of aromatic hydroxyl groups is 2. The third-order valence-electron chi connectivity index (χ3n) is 5.38. The average Bonchev–Trinajstić information content (AvgIpc) is 2.70. The van der Waals surface area contributed by atoms with Crippen molar-refractivity contribution >= 4 is 23.5 Å². The second-order valence-electron chi connectivity index (χ2n) is 9.63. The summed E-state index contributed by atoms with van der Waals surface area (Å²) in [7, 11) is 0. The van der Waals surface area contributed by atoms with E-state index in [1.54, 1.807) is 0 Å². The molecule has 0 spiro atoms. The van der Waals surface area contributed by atoms with Gasteiger partial charge in [0.1, 0.15) is 12.5 Å². The van der Waals surface area contributed by atoms with Crippen LogP contribution in [0.25, 0.3) is 0 Å². The van der Waals surface area contributed by atoms with Gasteiger partial charge in [-0.25, -0.2) is 0 Å². The fraction of sp³-hybridized carbons (Fsp3) is 0.583. The van der Waals surface area contributed by atoms with Crippen molar-refractivity contribution in [3.63, 3.8) is 0 Å². The Morgan fingerprint density at radius 3 is 1.44 bits per heavy atom. The molecule has 32 heavy (non-hydrogen) atoms. The van der Waals surface area contributed by atoms with Gasteiger partial charge in [-0.1, -0.05) is 27.7 Å². The third kappa shape index (κ3) is 8.62. The predicted molar refractivity (Wildman–Crippen MR) is 132 cm³/mol. The van der Waals surface area contributed by atoms with Crippen molar-refractivity contribution < 1.29 is 19.0 Å². The molecule has 0 unspecified atom stereocenters. The number of rotatable bonds is 13. The van der Waals surface area contributed by atoms with Crippen LogP contribution in [0.15, 0.2) is 43.5 Å². The molecule has 178 valence electrons. The van der Waals surface area contributed by atoms with Gasteiger partial charge in [0.05, 0.1) is 12.5 Å². The monoisotopic (exact) mass is 482 g/mol. The molecule has 0 fully saturated rings. The van der Waals surface area contributed by atoms with Crippen molar-refractivity contribution in [1.82, 2.24) is 0 Å². The van der Waals surface area contributed by atoms with E-state index < -0.39 is 0 Å². The molecule has 0 aromatic carbocycles. The number of hydrogen-bond donors (Lipinski definition) is 2. The second-order valence-corrected chi connectivity index (χ2v) is 12.1. The van der Waals surface area contributed by atoms with Crippen LogP contribution in [0.3, 0.4) is 0 Å². The average molecular weight is 483 g/mol. The summed E-state index contributed by atoms with van der Waals surface area (Å²) in [6, 6.07) is 0. The van der Waals surface area contributed by atoms with Gasteiger partial charge in [-0.2, -0.15) is 23.5 Å². The van der Waals surface area contributed by atoms with Crippen LogP contribution in [0.5, 0.6) is 11.5 Å². The molecule has 2 N–H and O–H groups in total. The molecular formula is C24H34O6S2. The Hall–Kier alpha value is -1.80. The van der Waals surface area contributed by atoms with Gasteiger partial charge in [0.25, 0.3) is 0 Å². The predicted octanol–water partition coefficient (Wildman–Crippen LogP) is 5.09. The van der Waals surface area contributed by atoms with E-state index in [2.05, 4.69) is 27.7 Å². The van der Waals surface area contributed by atoms with E-state index in [0.29, 0.717) is 24.0 Å². The maximum absolute atomic E-state index is 12.0. The van der Waals surface area contributed by atoms with Gasteiger partial charge in [-0.3, -0.25) is 9.59 Å². The molecule has 8 heteroatoms. The molecule has 0 atom stereocenters. The second kappa shape index (κ2) is 11.9. The quantitative estimate of drug-likeness (QED) is 0.381. The van der Waals surface area contributed by atoms with E-state index in [1.807, 2.05) is 23.5 Å². The molecule has 0 saturated heterocycles. The maximum atomic E-state index is 12.0. The Balaban J connectivity index is 1.62. The molecular weight excluding hydrogens is 448 g/mol. The van der Waals surface area contributed by atoms with Crippen molar-refractivity contribution in [2.75, 3.05) is 23.0 Å². The van der Waals surface area contributed by atoms with Crippen LogP contribution in [-0.2, 0) is 12.8 Å². The maximum Gasteiger partial charge on any atom is 0.229 e. The van der Waals surface area contributed by atoms with Crippen LogP contribution in [-0.4, -0.2) is 33.2 Å². The van der Waals surface area contributed by atoms with Crippen molar-refractivity contribution in [1.29, 1.82) is 0 Å². The van der Waals surface area contributed by atoms with E-state index in [4.69, 9.17) is 8.83 Å². The molecule has 0 aliphatic heterocycles. The zero-order valence-electron chi connectivity index (χ0n) is 19.3. The standard InChI is InChI=1S/C24H34O6S2/c1-23(2,11-17-13-29-15-19(25)21(17)27)5-7-31-9-10-32-8-6-24(3,4)12-18-14-30-16-20(26)22(18)28/h13-16,25-26H,5-12H2,1-4H3. The Morgan fingerprint density at radius 1 is 0.688 bits per heavy atom. The van der Waals surface area contributed by atoms with Crippen molar-refractivity contribution in [2.24, 2.45) is 10.8 Å². The molecule has 0 aliphatic rings. The Morgan fingerprint density at radius 2 is 1.06 bits per heavy atom. The zero-order valence-corrected chi connectivity index (χ0v) is 20.9. The Kier molecular flexibility index (Phi) is 9.83. The van der Waals surface area contributed by atoms with E-state index in [-0.39, 0.29) is 33.2 Å². The fourth-order valence-corrected chi connectivity index (χ4v) is 6.12. The summed E-state index contributed by atoms with van der Waals surface area (Å²) in [6.07, 6.45) is 8.09. The first-order valence-corrected chi connectivity index (χ1v) is 13.0. The molecule has 2 aromatic rings. The lowest BCUT2D eigenvalue weighted by Gasteiger charge is -2.24. The first-order chi connectivity index (χ1) is 15.0. The lowest BCUT2D eigenvalue weighted by molar-refractivity contribution is 0.343. The molecule has 2 heterocycles. The summed E-state index contributed by atoms with van der Waals surface area (Å²) in [5.41, 5.74) is 0.238. The van der Waals surface area contributed by atoms with Crippen LogP contribution in [0.2, 0.25) is 0 Å². The highest BCUT2D eigenvalue weighted by atomic mass is 32.2. The van der Waals surface area contributed by atoms with E-state index in [9.17, 15) is 19.8 Å². The van der Waals surface area contributed by atoms with Gasteiger partial charge < -0.3 is 19.0 Å². The largest absolute Gasteiger partial charge is 0.502 e. The first-order valence-electron chi connectivity index (χ1n) is 10.7. The van der Waals surface area contributed by atoms with Gasteiger partial charge in [0, 0.05) is 22.6 Å². The minimum atomic E-state index is -0.346. The van der Waals surface area contributed by atoms with E-state index in [0.717, 1.165) is 48.4 Å². The Labute approximate surface area is 197 Å². The smallest absolute Gasteiger partial charge is 0.229 e. The minimum absolute atomic E-state index is 0.0504. The lowest BCUT2D eigenvalue weighted by atomic mass is 9.84. The minimum Gasteiger partial charge on any atom is -0.502 e. The summed E-state index contributed by atoms with van der Waals surface area (Å²) in [5, 5.41) is 19.0. The SMILES string of the molecule is CC(C)(CCSCCSCCC(C)(C)Cc1cocc(O)c1=O)Cc1cocc(O)c1=O. The van der Waals surface area contributed by atoms with Gasteiger partial charge in [0.2, 0.25) is 10.9 Å². The molecule has 0 aliphatic carbocycles. The van der Waals surface area contributed by atoms with Crippen LogP contribution < -0.4 is 10.9 Å². The number of thioether (sulfide) groups is 2. The van der Waals surface area contributed by atoms with Gasteiger partial charge in [-0.15, -0.1) is 0 Å². The Bertz CT molecular complexity index is 897. The molecule has 0 amide bonds. The number of hydrogen-bond acceptors (Lipinski definition) is 8. The molecule has 0 saturated carbocycles. The zero-order chi connectivity index (χ0) is 23.8. The van der Waals surface area contributed by atoms with Crippen molar-refractivity contribution in [3.05, 3.63) is 56.6 Å². The molecule has 2 rings (SSSR count). The topological polar surface area (TPSA) is 101 Å². The van der Waals surface area contributed by atoms with Crippen LogP contribution in [0.4, 0.5) is 0 Å². The van der Waals surface area contributed by atoms with E-state index >= 15 is 0 Å². The third-order valence-corrected chi connectivity index (χ3v) is 7.61. The molecule has 2 aromatic heterocycles. The van der Waals surface area contributed by atoms with Crippen molar-refractivity contribution in [3.8, 4) is 11.5 Å². The highest BCUT2D eigenvalue weighted by Gasteiger charge is 2.22. The summed E-state index contributed by atoms with van der Waals surface area (Å²) < 4.78 is 10.1. The van der Waals surface area contributed by atoms with E-state index in [1.165, 1.54) is 12.5 Å². The molecule has 6 nitrogen and oxygen atoms in total. The summed E-state index contributed by atoms with van der Waals surface area (Å²) in [5.74, 6) is 3.47. The summed E-state index contributed by atoms with van der Waals surface area (Å²) >= 11 is 3.82.